The van der Waals surface area contributed by atoms with Crippen molar-refractivity contribution in [3.05, 3.63) is 119 Å². The molecule has 0 saturated carbocycles. The minimum atomic E-state index is -4.69. The number of fused-ring (bicyclic) bond motifs is 1. The Morgan fingerprint density at radius 2 is 1.88 bits per heavy atom. The summed E-state index contributed by atoms with van der Waals surface area (Å²) in [5.74, 6) is 0.288. The monoisotopic (exact) mass is 784 g/mol. The highest BCUT2D eigenvalue weighted by atomic mass is 79.9. The highest BCUT2D eigenvalue weighted by molar-refractivity contribution is 9.10. The first-order chi connectivity index (χ1) is 24.0. The molecule has 0 unspecified atom stereocenters. The fourth-order valence-corrected chi connectivity index (χ4v) is 7.65. The van der Waals surface area contributed by atoms with Gasteiger partial charge >= 0.3 is 12.1 Å². The number of thiazole rings is 1. The third-order valence-corrected chi connectivity index (χ3v) is 9.91. The summed E-state index contributed by atoms with van der Waals surface area (Å²) in [7, 11) is 1.54. The second kappa shape index (κ2) is 14.8. The molecule has 3 aromatic heterocycles. The first-order valence-electron chi connectivity index (χ1n) is 15.4. The van der Waals surface area contributed by atoms with Crippen LogP contribution in [0.25, 0.3) is 17.3 Å². The van der Waals surface area contributed by atoms with Crippen LogP contribution in [-0.4, -0.2) is 34.2 Å². The maximum atomic E-state index is 14.1. The third kappa shape index (κ3) is 7.35. The lowest BCUT2D eigenvalue weighted by Gasteiger charge is -2.26. The Labute approximate surface area is 300 Å². The van der Waals surface area contributed by atoms with Crippen LogP contribution < -0.4 is 19.6 Å². The molecule has 6 rings (SSSR count). The Kier molecular flexibility index (Phi) is 10.5. The minimum absolute atomic E-state index is 0.117. The Morgan fingerprint density at radius 1 is 1.10 bits per heavy atom. The van der Waals surface area contributed by atoms with E-state index in [4.69, 9.17) is 18.9 Å². The van der Waals surface area contributed by atoms with Crippen LogP contribution in [0.5, 0.6) is 5.75 Å². The lowest BCUT2D eigenvalue weighted by Crippen LogP contribution is -2.40. The average Bonchev–Trinajstić information content (AvgIpc) is 3.66. The molecular formula is C35H28BrF3N4O5S2. The van der Waals surface area contributed by atoms with Crippen LogP contribution in [0, 0.1) is 0 Å². The molecule has 0 bridgehead atoms. The zero-order valence-corrected chi connectivity index (χ0v) is 30.0. The summed E-state index contributed by atoms with van der Waals surface area (Å²) in [6, 6.07) is 17.1. The molecule has 50 heavy (non-hydrogen) atoms. The normalized spacial score (nSPS) is 14.8. The van der Waals surface area contributed by atoms with Gasteiger partial charge in [-0.05, 0) is 76.9 Å². The van der Waals surface area contributed by atoms with Gasteiger partial charge in [0.15, 0.2) is 15.1 Å². The minimum Gasteiger partial charge on any atom is -0.496 e. The van der Waals surface area contributed by atoms with E-state index in [0.29, 0.717) is 44.7 Å². The van der Waals surface area contributed by atoms with Gasteiger partial charge in [-0.25, -0.2) is 19.8 Å². The van der Waals surface area contributed by atoms with Gasteiger partial charge < -0.3 is 13.9 Å². The number of esters is 1. The number of furan rings is 1. The first-order valence-corrected chi connectivity index (χ1v) is 17.8. The number of hydrogen-bond acceptors (Lipinski definition) is 10. The smallest absolute Gasteiger partial charge is 0.433 e. The number of hydrogen-bond donors (Lipinski definition) is 0. The van der Waals surface area contributed by atoms with Crippen molar-refractivity contribution in [2.45, 2.75) is 49.2 Å². The van der Waals surface area contributed by atoms with E-state index in [9.17, 15) is 22.8 Å². The van der Waals surface area contributed by atoms with Crippen molar-refractivity contribution >= 4 is 51.1 Å². The summed E-state index contributed by atoms with van der Waals surface area (Å²) in [5.41, 5.74) is 0.579. The number of alkyl halides is 3. The van der Waals surface area contributed by atoms with Crippen molar-refractivity contribution in [3.8, 4) is 17.0 Å². The molecule has 9 nitrogen and oxygen atoms in total. The number of rotatable bonds is 10. The summed E-state index contributed by atoms with van der Waals surface area (Å²) in [5, 5.41) is 0.0673. The molecule has 0 aliphatic carbocycles. The van der Waals surface area contributed by atoms with E-state index in [2.05, 4.69) is 25.9 Å². The second-order valence-corrected chi connectivity index (χ2v) is 13.7. The fraction of sp³-hybridized carbons (Fsp3) is 0.229. The standard InChI is InChI=1S/C35H28BrF3N4O5S2/c1-4-9-23-29(32(45)47-5-2)30(20-12-14-25(46-3)22(36)16-20)43-31(44)26(49-34(43)41-23)17-21-13-15-28(48-21)50-33-40-24(19-10-7-6-8-11-19)18-27(42-33)35(37,38)39/h6-8,10-18,30H,4-5,9H2,1-3H3/b26-17+/t30-/m1/s1. The van der Waals surface area contributed by atoms with E-state index in [1.165, 1.54) is 10.6 Å². The SMILES string of the molecule is CCCC1=C(C(=O)OCC)[C@@H](c2ccc(OC)c(Br)c2)n2c(s/c(=C/c3ccc(Sc4nc(-c5ccccc5)cc(C(F)(F)F)n4)o3)c2=O)=N1. The molecule has 0 amide bonds. The van der Waals surface area contributed by atoms with Crippen LogP contribution in [0.2, 0.25) is 0 Å². The lowest BCUT2D eigenvalue weighted by atomic mass is 9.94. The summed E-state index contributed by atoms with van der Waals surface area (Å²) >= 11 is 5.48. The van der Waals surface area contributed by atoms with Gasteiger partial charge in [-0.3, -0.25) is 9.36 Å². The van der Waals surface area contributed by atoms with Crippen molar-refractivity contribution in [3.63, 3.8) is 0 Å². The predicted molar refractivity (Wildman–Crippen MR) is 186 cm³/mol. The van der Waals surface area contributed by atoms with Gasteiger partial charge in [0.2, 0.25) is 0 Å². The van der Waals surface area contributed by atoms with Crippen molar-refractivity contribution < 1.29 is 31.9 Å². The first kappa shape index (κ1) is 35.4. The molecule has 1 atom stereocenters. The van der Waals surface area contributed by atoms with Gasteiger partial charge in [-0.15, -0.1) is 0 Å². The summed E-state index contributed by atoms with van der Waals surface area (Å²) in [6.45, 7) is 3.82. The predicted octanol–water partition coefficient (Wildman–Crippen LogP) is 7.57. The quantitative estimate of drug-likeness (QED) is 0.105. The van der Waals surface area contributed by atoms with Crippen LogP contribution >= 0.6 is 39.0 Å². The molecule has 0 spiro atoms. The van der Waals surface area contributed by atoms with E-state index in [1.54, 1.807) is 74.7 Å². The molecule has 258 valence electrons. The number of benzene rings is 2. The number of ether oxygens (including phenoxy) is 2. The Morgan fingerprint density at radius 3 is 2.56 bits per heavy atom. The Hall–Kier alpha value is -4.47. The Balaban J connectivity index is 1.41. The van der Waals surface area contributed by atoms with E-state index in [1.807, 2.05) is 6.92 Å². The molecule has 1 aliphatic heterocycles. The van der Waals surface area contributed by atoms with E-state index >= 15 is 0 Å². The van der Waals surface area contributed by atoms with E-state index < -0.39 is 29.4 Å². The number of carbonyl (C=O) groups is 1. The molecule has 0 fully saturated rings. The maximum absolute atomic E-state index is 14.1. The molecule has 0 N–H and O–H groups in total. The topological polar surface area (TPSA) is 109 Å². The van der Waals surface area contributed by atoms with Gasteiger partial charge in [0, 0.05) is 11.6 Å². The number of aromatic nitrogens is 3. The van der Waals surface area contributed by atoms with E-state index in [-0.39, 0.29) is 38.4 Å². The maximum Gasteiger partial charge on any atom is 0.433 e. The zero-order valence-electron chi connectivity index (χ0n) is 26.8. The highest BCUT2D eigenvalue weighted by Gasteiger charge is 2.35. The van der Waals surface area contributed by atoms with Crippen LogP contribution in [0.15, 0.2) is 107 Å². The third-order valence-electron chi connectivity index (χ3n) is 7.52. The van der Waals surface area contributed by atoms with Gasteiger partial charge in [-0.1, -0.05) is 61.1 Å². The number of allylic oxidation sites excluding steroid dienone is 1. The molecule has 4 heterocycles. The fourth-order valence-electron chi connectivity index (χ4n) is 5.35. The number of halogens is 4. The highest BCUT2D eigenvalue weighted by Crippen LogP contribution is 2.37. The van der Waals surface area contributed by atoms with Gasteiger partial charge in [0.1, 0.15) is 17.2 Å². The van der Waals surface area contributed by atoms with Crippen LogP contribution in [0.1, 0.15) is 49.7 Å². The largest absolute Gasteiger partial charge is 0.496 e. The van der Waals surface area contributed by atoms with Gasteiger partial charge in [0.25, 0.3) is 5.56 Å². The molecule has 0 radical (unpaired) electrons. The van der Waals surface area contributed by atoms with Gasteiger partial charge in [-0.2, -0.15) is 13.2 Å². The summed E-state index contributed by atoms with van der Waals surface area (Å²) in [6.07, 6.45) is -1.97. The molecule has 5 aromatic rings. The van der Waals surface area contributed by atoms with Crippen molar-refractivity contribution in [2.24, 2.45) is 4.99 Å². The molecular weight excluding hydrogens is 757 g/mol. The molecule has 2 aromatic carbocycles. The molecule has 15 heteroatoms. The summed E-state index contributed by atoms with van der Waals surface area (Å²) < 4.78 is 60.4. The lowest BCUT2D eigenvalue weighted by molar-refractivity contribution is -0.141. The van der Waals surface area contributed by atoms with Crippen molar-refractivity contribution in [1.29, 1.82) is 0 Å². The molecule has 1 aliphatic rings. The zero-order chi connectivity index (χ0) is 35.6. The second-order valence-electron chi connectivity index (χ2n) is 10.9. The van der Waals surface area contributed by atoms with Crippen LogP contribution in [-0.2, 0) is 15.7 Å². The Bertz CT molecular complexity index is 2280. The van der Waals surface area contributed by atoms with Crippen LogP contribution in [0.3, 0.4) is 0 Å². The summed E-state index contributed by atoms with van der Waals surface area (Å²) in [4.78, 5) is 40.8. The van der Waals surface area contributed by atoms with Crippen molar-refractivity contribution in [2.75, 3.05) is 13.7 Å². The average molecular weight is 786 g/mol. The number of methoxy groups -OCH3 is 1. The molecule has 0 saturated heterocycles. The van der Waals surface area contributed by atoms with Crippen LogP contribution in [0.4, 0.5) is 13.2 Å². The number of nitrogens with zero attached hydrogens (tertiary/aromatic N) is 4. The van der Waals surface area contributed by atoms with Gasteiger partial charge in [0.05, 0.1) is 45.7 Å². The number of carbonyl (C=O) groups excluding carboxylic acids is 1. The van der Waals surface area contributed by atoms with Crippen molar-refractivity contribution in [1.82, 2.24) is 14.5 Å². The van der Waals surface area contributed by atoms with E-state index in [0.717, 1.165) is 29.2 Å².